The molecule has 0 N–H and O–H groups in total. The standard InChI is InChI=1S/C23H43NS2/c1-6-25-22(18(2)3)13-12-21-11-10-20(16-19-8-7-9-19)17-23(21)26-15-14-24(4)5/h16,18,20-23H,6-15,17H2,1-5H3. The first-order chi connectivity index (χ1) is 12.5. The van der Waals surface area contributed by atoms with Crippen molar-refractivity contribution in [3.63, 3.8) is 0 Å². The van der Waals surface area contributed by atoms with Gasteiger partial charge in [-0.15, -0.1) is 0 Å². The van der Waals surface area contributed by atoms with Gasteiger partial charge in [-0.1, -0.05) is 32.4 Å². The predicted octanol–water partition coefficient (Wildman–Crippen LogP) is 6.73. The van der Waals surface area contributed by atoms with Gasteiger partial charge in [0.05, 0.1) is 0 Å². The summed E-state index contributed by atoms with van der Waals surface area (Å²) < 4.78 is 0. The van der Waals surface area contributed by atoms with E-state index in [0.717, 1.165) is 28.3 Å². The van der Waals surface area contributed by atoms with Crippen molar-refractivity contribution in [1.82, 2.24) is 4.90 Å². The summed E-state index contributed by atoms with van der Waals surface area (Å²) in [5.41, 5.74) is 1.77. The second-order valence-electron chi connectivity index (χ2n) is 9.04. The van der Waals surface area contributed by atoms with Crippen molar-refractivity contribution in [3.8, 4) is 0 Å². The van der Waals surface area contributed by atoms with E-state index in [9.17, 15) is 0 Å². The summed E-state index contributed by atoms with van der Waals surface area (Å²) in [4.78, 5) is 2.34. The molecule has 0 bridgehead atoms. The van der Waals surface area contributed by atoms with Gasteiger partial charge >= 0.3 is 0 Å². The molecule has 0 aliphatic heterocycles. The van der Waals surface area contributed by atoms with Crippen LogP contribution in [0.3, 0.4) is 0 Å². The van der Waals surface area contributed by atoms with Gasteiger partial charge < -0.3 is 4.90 Å². The Hall–Kier alpha value is 0.400. The molecule has 3 heteroatoms. The zero-order chi connectivity index (χ0) is 18.9. The lowest BCUT2D eigenvalue weighted by Crippen LogP contribution is -2.29. The van der Waals surface area contributed by atoms with Gasteiger partial charge in [0, 0.05) is 22.8 Å². The third kappa shape index (κ3) is 7.80. The van der Waals surface area contributed by atoms with E-state index in [1.807, 2.05) is 0 Å². The lowest BCUT2D eigenvalue weighted by atomic mass is 9.77. The first-order valence-corrected chi connectivity index (χ1v) is 13.2. The highest BCUT2D eigenvalue weighted by molar-refractivity contribution is 8.00. The lowest BCUT2D eigenvalue weighted by molar-refractivity contribution is 0.295. The van der Waals surface area contributed by atoms with Crippen LogP contribution in [0.2, 0.25) is 0 Å². The Morgan fingerprint density at radius 3 is 2.54 bits per heavy atom. The number of allylic oxidation sites excluding steroid dienone is 2. The van der Waals surface area contributed by atoms with Crippen LogP contribution >= 0.6 is 23.5 Å². The minimum atomic E-state index is 0.819. The van der Waals surface area contributed by atoms with E-state index in [2.05, 4.69) is 69.4 Å². The molecular weight excluding hydrogens is 354 g/mol. The Kier molecular flexibility index (Phi) is 10.5. The topological polar surface area (TPSA) is 3.24 Å². The smallest absolute Gasteiger partial charge is 0.00814 e. The zero-order valence-electron chi connectivity index (χ0n) is 18.0. The van der Waals surface area contributed by atoms with Crippen LogP contribution in [0.25, 0.3) is 0 Å². The molecule has 4 unspecified atom stereocenters. The van der Waals surface area contributed by atoms with E-state index < -0.39 is 0 Å². The molecule has 2 aliphatic rings. The van der Waals surface area contributed by atoms with E-state index in [4.69, 9.17) is 0 Å². The SMILES string of the molecule is CCSC(CCC1CCC(C=C2CCC2)CC1SCCN(C)C)C(C)C. The van der Waals surface area contributed by atoms with E-state index >= 15 is 0 Å². The highest BCUT2D eigenvalue weighted by Gasteiger charge is 2.31. The monoisotopic (exact) mass is 397 g/mol. The lowest BCUT2D eigenvalue weighted by Gasteiger charge is -2.37. The van der Waals surface area contributed by atoms with Gasteiger partial charge in [0.2, 0.25) is 0 Å². The number of nitrogens with zero attached hydrogens (tertiary/aromatic N) is 1. The molecule has 0 aromatic carbocycles. The molecule has 2 aliphatic carbocycles. The van der Waals surface area contributed by atoms with E-state index in [1.165, 1.54) is 69.4 Å². The highest BCUT2D eigenvalue weighted by atomic mass is 32.2. The normalized spacial score (nSPS) is 27.7. The fourth-order valence-electron chi connectivity index (χ4n) is 4.38. The summed E-state index contributed by atoms with van der Waals surface area (Å²) in [7, 11) is 4.41. The van der Waals surface area contributed by atoms with Crippen molar-refractivity contribution in [2.75, 3.05) is 32.1 Å². The van der Waals surface area contributed by atoms with Gasteiger partial charge in [0.25, 0.3) is 0 Å². The van der Waals surface area contributed by atoms with Crippen LogP contribution in [-0.2, 0) is 0 Å². The van der Waals surface area contributed by atoms with Crippen LogP contribution < -0.4 is 0 Å². The molecule has 0 aromatic rings. The summed E-state index contributed by atoms with van der Waals surface area (Å²) in [6.45, 7) is 8.37. The molecule has 2 rings (SSSR count). The molecule has 2 saturated carbocycles. The van der Waals surface area contributed by atoms with Crippen LogP contribution in [0.1, 0.15) is 72.1 Å². The quantitative estimate of drug-likeness (QED) is 0.356. The average Bonchev–Trinajstić information content (AvgIpc) is 2.55. The van der Waals surface area contributed by atoms with Gasteiger partial charge in [-0.2, -0.15) is 23.5 Å². The Morgan fingerprint density at radius 1 is 1.19 bits per heavy atom. The third-order valence-corrected chi connectivity index (χ3v) is 9.22. The maximum atomic E-state index is 2.68. The van der Waals surface area contributed by atoms with Crippen molar-refractivity contribution < 1.29 is 0 Å². The van der Waals surface area contributed by atoms with Crippen molar-refractivity contribution >= 4 is 23.5 Å². The number of hydrogen-bond donors (Lipinski definition) is 0. The Labute approximate surface area is 172 Å². The maximum absolute atomic E-state index is 2.68. The molecule has 4 atom stereocenters. The van der Waals surface area contributed by atoms with Gasteiger partial charge in [0.1, 0.15) is 0 Å². The second kappa shape index (κ2) is 12.1. The molecule has 0 amide bonds. The molecule has 0 heterocycles. The molecular formula is C23H43NS2. The number of thioether (sulfide) groups is 2. The first kappa shape index (κ1) is 22.7. The molecule has 26 heavy (non-hydrogen) atoms. The van der Waals surface area contributed by atoms with Crippen LogP contribution in [-0.4, -0.2) is 47.5 Å². The summed E-state index contributed by atoms with van der Waals surface area (Å²) >= 11 is 4.48. The maximum Gasteiger partial charge on any atom is 0.00814 e. The van der Waals surface area contributed by atoms with Crippen LogP contribution in [0, 0.1) is 17.8 Å². The fraction of sp³-hybridized carbons (Fsp3) is 0.913. The largest absolute Gasteiger partial charge is 0.309 e. The van der Waals surface area contributed by atoms with E-state index in [-0.39, 0.29) is 0 Å². The van der Waals surface area contributed by atoms with Crippen LogP contribution in [0.15, 0.2) is 11.6 Å². The molecule has 0 radical (unpaired) electrons. The molecule has 152 valence electrons. The van der Waals surface area contributed by atoms with Gasteiger partial charge in [-0.05, 0) is 89.0 Å². The third-order valence-electron chi connectivity index (χ3n) is 6.25. The average molecular weight is 398 g/mol. The van der Waals surface area contributed by atoms with Crippen molar-refractivity contribution in [2.45, 2.75) is 82.6 Å². The summed E-state index contributed by atoms with van der Waals surface area (Å²) in [5.74, 6) is 5.22. The number of rotatable bonds is 11. The Morgan fingerprint density at radius 2 is 1.96 bits per heavy atom. The number of hydrogen-bond acceptors (Lipinski definition) is 3. The van der Waals surface area contributed by atoms with Gasteiger partial charge in [-0.3, -0.25) is 0 Å². The van der Waals surface area contributed by atoms with Crippen molar-refractivity contribution in [3.05, 3.63) is 11.6 Å². The minimum absolute atomic E-state index is 0.819. The van der Waals surface area contributed by atoms with Crippen molar-refractivity contribution in [2.24, 2.45) is 17.8 Å². The summed E-state index contributed by atoms with van der Waals surface area (Å²) in [6.07, 6.45) is 14.2. The summed E-state index contributed by atoms with van der Waals surface area (Å²) in [6, 6.07) is 0. The fourth-order valence-corrected chi connectivity index (χ4v) is 7.19. The van der Waals surface area contributed by atoms with E-state index in [0.29, 0.717) is 0 Å². The Balaban J connectivity index is 1.88. The van der Waals surface area contributed by atoms with Crippen LogP contribution in [0.5, 0.6) is 0 Å². The second-order valence-corrected chi connectivity index (χ2v) is 11.9. The highest BCUT2D eigenvalue weighted by Crippen LogP contribution is 2.42. The van der Waals surface area contributed by atoms with Crippen molar-refractivity contribution in [1.29, 1.82) is 0 Å². The van der Waals surface area contributed by atoms with E-state index in [1.54, 1.807) is 5.57 Å². The van der Waals surface area contributed by atoms with Gasteiger partial charge in [0.15, 0.2) is 0 Å². The minimum Gasteiger partial charge on any atom is -0.309 e. The zero-order valence-corrected chi connectivity index (χ0v) is 19.6. The molecule has 1 nitrogen and oxygen atoms in total. The molecule has 0 saturated heterocycles. The molecule has 0 aromatic heterocycles. The predicted molar refractivity (Wildman–Crippen MR) is 124 cm³/mol. The van der Waals surface area contributed by atoms with Crippen LogP contribution in [0.4, 0.5) is 0 Å². The molecule has 0 spiro atoms. The molecule has 2 fully saturated rings. The Bertz CT molecular complexity index is 412. The first-order valence-electron chi connectivity index (χ1n) is 11.1. The summed E-state index contributed by atoms with van der Waals surface area (Å²) in [5, 5.41) is 1.76. The van der Waals surface area contributed by atoms with Gasteiger partial charge in [-0.25, -0.2) is 0 Å².